The van der Waals surface area contributed by atoms with E-state index in [1.807, 2.05) is 13.5 Å². The van der Waals surface area contributed by atoms with Crippen molar-refractivity contribution in [2.75, 3.05) is 20.1 Å². The van der Waals surface area contributed by atoms with E-state index < -0.39 is 0 Å². The van der Waals surface area contributed by atoms with Crippen molar-refractivity contribution in [2.24, 2.45) is 0 Å². The summed E-state index contributed by atoms with van der Waals surface area (Å²) in [6.45, 7) is 2.46. The van der Waals surface area contributed by atoms with Gasteiger partial charge < -0.3 is 4.90 Å². The first-order chi connectivity index (χ1) is 7.33. The summed E-state index contributed by atoms with van der Waals surface area (Å²) in [5, 5.41) is 0. The number of amides is 1. The van der Waals surface area contributed by atoms with Crippen LogP contribution in [-0.4, -0.2) is 48.4 Å². The van der Waals surface area contributed by atoms with Gasteiger partial charge in [0.15, 0.2) is 0 Å². The molecule has 2 rings (SSSR count). The van der Waals surface area contributed by atoms with Crippen molar-refractivity contribution in [3.63, 3.8) is 0 Å². The fraction of sp³-hybridized carbons (Fsp3) is 0.917. The van der Waals surface area contributed by atoms with Gasteiger partial charge in [-0.2, -0.15) is 0 Å². The molecule has 0 aromatic rings. The summed E-state index contributed by atoms with van der Waals surface area (Å²) >= 11 is 0. The first kappa shape index (κ1) is 10.9. The minimum atomic E-state index is 0.411. The Labute approximate surface area is 92.4 Å². The van der Waals surface area contributed by atoms with Crippen LogP contribution in [0.3, 0.4) is 0 Å². The molecule has 0 N–H and O–H groups in total. The number of carbonyl (C=O) groups excluding carboxylic acids is 1. The highest BCUT2D eigenvalue weighted by atomic mass is 16.1. The van der Waals surface area contributed by atoms with Gasteiger partial charge in [0.05, 0.1) is 0 Å². The summed E-state index contributed by atoms with van der Waals surface area (Å²) in [5.41, 5.74) is 0. The van der Waals surface area contributed by atoms with E-state index in [0.717, 1.165) is 6.42 Å². The van der Waals surface area contributed by atoms with Gasteiger partial charge in [-0.15, -0.1) is 0 Å². The summed E-state index contributed by atoms with van der Waals surface area (Å²) in [5.74, 6) is 0. The molecule has 2 aliphatic rings. The number of nitrogens with zero attached hydrogens (tertiary/aromatic N) is 2. The third-order valence-corrected chi connectivity index (χ3v) is 3.95. The lowest BCUT2D eigenvalue weighted by molar-refractivity contribution is 0.109. The maximum Gasteiger partial charge on any atom is 0.312 e. The molecular weight excluding hydrogens is 188 g/mol. The number of hydrogen-bond acceptors (Lipinski definition) is 2. The van der Waals surface area contributed by atoms with Crippen LogP contribution < -0.4 is 0 Å². The Morgan fingerprint density at radius 2 is 1.80 bits per heavy atom. The van der Waals surface area contributed by atoms with E-state index in [0.29, 0.717) is 12.1 Å². The molecule has 1 heterocycles. The zero-order chi connectivity index (χ0) is 10.7. The molecule has 0 aromatic carbocycles. The maximum atomic E-state index is 10.7. The highest BCUT2D eigenvalue weighted by molar-refractivity contribution is 5.48. The smallest absolute Gasteiger partial charge is 0.312 e. The fourth-order valence-corrected chi connectivity index (χ4v) is 3.11. The second kappa shape index (κ2) is 4.97. The monoisotopic (exact) mass is 209 g/mol. The lowest BCUT2D eigenvalue weighted by Gasteiger charge is -2.40. The van der Waals surface area contributed by atoms with Crippen LogP contribution in [0.1, 0.15) is 38.5 Å². The van der Waals surface area contributed by atoms with E-state index >= 15 is 0 Å². The zero-order valence-corrected chi connectivity index (χ0v) is 9.61. The molecule has 1 amide bonds. The van der Waals surface area contributed by atoms with Crippen molar-refractivity contribution in [1.29, 1.82) is 0 Å². The van der Waals surface area contributed by atoms with Gasteiger partial charge in [-0.1, -0.05) is 12.8 Å². The molecule has 1 saturated carbocycles. The van der Waals surface area contributed by atoms with Crippen LogP contribution in [0.5, 0.6) is 0 Å². The Morgan fingerprint density at radius 1 is 1.13 bits per heavy atom. The van der Waals surface area contributed by atoms with E-state index in [4.69, 9.17) is 0 Å². The third kappa shape index (κ3) is 2.33. The van der Waals surface area contributed by atoms with Crippen molar-refractivity contribution < 1.29 is 4.79 Å². The van der Waals surface area contributed by atoms with Crippen LogP contribution >= 0.6 is 0 Å². The van der Waals surface area contributed by atoms with Crippen LogP contribution in [0, 0.1) is 0 Å². The second-order valence-corrected chi connectivity index (χ2v) is 4.86. The SMILES string of the molecule is CN([C]=O)C1CCCCC1N1CCCC1. The van der Waals surface area contributed by atoms with E-state index in [9.17, 15) is 4.79 Å². The summed E-state index contributed by atoms with van der Waals surface area (Å²) in [6.07, 6.45) is 9.72. The molecule has 2 unspecified atom stereocenters. The molecule has 2 atom stereocenters. The molecule has 15 heavy (non-hydrogen) atoms. The number of hydrogen-bond donors (Lipinski definition) is 0. The first-order valence-corrected chi connectivity index (χ1v) is 6.17. The van der Waals surface area contributed by atoms with E-state index in [-0.39, 0.29) is 0 Å². The Kier molecular flexibility index (Phi) is 3.62. The molecular formula is C12H21N2O. The van der Waals surface area contributed by atoms with Crippen LogP contribution in [0.15, 0.2) is 0 Å². The lowest BCUT2D eigenvalue weighted by atomic mass is 9.88. The Hall–Kier alpha value is -0.570. The minimum absolute atomic E-state index is 0.411. The summed E-state index contributed by atoms with van der Waals surface area (Å²) in [4.78, 5) is 15.1. The van der Waals surface area contributed by atoms with Crippen LogP contribution in [-0.2, 0) is 4.79 Å². The summed E-state index contributed by atoms with van der Waals surface area (Å²) in [6, 6.07) is 1.02. The quantitative estimate of drug-likeness (QED) is 0.656. The van der Waals surface area contributed by atoms with Crippen molar-refractivity contribution in [3.05, 3.63) is 0 Å². The van der Waals surface area contributed by atoms with Gasteiger partial charge in [-0.25, -0.2) is 0 Å². The van der Waals surface area contributed by atoms with Gasteiger partial charge in [0.25, 0.3) is 0 Å². The highest BCUT2D eigenvalue weighted by Crippen LogP contribution is 2.28. The average Bonchev–Trinajstić information content (AvgIpc) is 2.81. The van der Waals surface area contributed by atoms with E-state index in [1.54, 1.807) is 4.90 Å². The average molecular weight is 209 g/mol. The molecule has 3 heteroatoms. The molecule has 3 nitrogen and oxygen atoms in total. The molecule has 1 aliphatic heterocycles. The molecule has 2 fully saturated rings. The maximum absolute atomic E-state index is 10.7. The minimum Gasteiger partial charge on any atom is -0.333 e. The highest BCUT2D eigenvalue weighted by Gasteiger charge is 2.33. The summed E-state index contributed by atoms with van der Waals surface area (Å²) < 4.78 is 0. The van der Waals surface area contributed by atoms with Crippen molar-refractivity contribution >= 4 is 6.41 Å². The van der Waals surface area contributed by atoms with Crippen molar-refractivity contribution in [3.8, 4) is 0 Å². The number of rotatable bonds is 3. The van der Waals surface area contributed by atoms with Crippen LogP contribution in [0.4, 0.5) is 0 Å². The second-order valence-electron chi connectivity index (χ2n) is 4.86. The molecule has 0 aromatic heterocycles. The topological polar surface area (TPSA) is 23.6 Å². The van der Waals surface area contributed by atoms with Crippen LogP contribution in [0.2, 0.25) is 0 Å². The van der Waals surface area contributed by atoms with Gasteiger partial charge in [0.1, 0.15) is 0 Å². The molecule has 1 aliphatic carbocycles. The van der Waals surface area contributed by atoms with E-state index in [2.05, 4.69) is 4.90 Å². The lowest BCUT2D eigenvalue weighted by Crippen LogP contribution is -2.51. The third-order valence-electron chi connectivity index (χ3n) is 3.95. The fourth-order valence-electron chi connectivity index (χ4n) is 3.11. The van der Waals surface area contributed by atoms with Gasteiger partial charge in [-0.3, -0.25) is 9.69 Å². The molecule has 0 bridgehead atoms. The van der Waals surface area contributed by atoms with Crippen molar-refractivity contribution in [2.45, 2.75) is 50.6 Å². The summed E-state index contributed by atoms with van der Waals surface area (Å²) in [7, 11) is 1.88. The van der Waals surface area contributed by atoms with Gasteiger partial charge >= 0.3 is 6.41 Å². The van der Waals surface area contributed by atoms with Gasteiger partial charge in [0.2, 0.25) is 0 Å². The molecule has 1 radical (unpaired) electrons. The molecule has 85 valence electrons. The molecule has 0 spiro atoms. The normalized spacial score (nSPS) is 32.9. The Morgan fingerprint density at radius 3 is 2.47 bits per heavy atom. The van der Waals surface area contributed by atoms with E-state index in [1.165, 1.54) is 45.2 Å². The largest absolute Gasteiger partial charge is 0.333 e. The van der Waals surface area contributed by atoms with Crippen molar-refractivity contribution in [1.82, 2.24) is 9.80 Å². The van der Waals surface area contributed by atoms with Gasteiger partial charge in [0, 0.05) is 19.1 Å². The molecule has 1 saturated heterocycles. The predicted octanol–water partition coefficient (Wildman–Crippen LogP) is 1.39. The zero-order valence-electron chi connectivity index (χ0n) is 9.61. The van der Waals surface area contributed by atoms with Crippen LogP contribution in [0.25, 0.3) is 0 Å². The number of likely N-dealkylation sites (N-methyl/N-ethyl adjacent to an activating group) is 1. The first-order valence-electron chi connectivity index (χ1n) is 6.17. The standard InChI is InChI=1S/C12H21N2O/c1-13(10-15)11-6-2-3-7-12(11)14-8-4-5-9-14/h11-12H,2-9H2,1H3. The Balaban J connectivity index is 2.01. The predicted molar refractivity (Wildman–Crippen MR) is 60.3 cm³/mol. The van der Waals surface area contributed by atoms with Gasteiger partial charge in [-0.05, 0) is 38.8 Å². The number of likely N-dealkylation sites (tertiary alicyclic amines) is 1. The Bertz CT molecular complexity index is 214.